The summed E-state index contributed by atoms with van der Waals surface area (Å²) in [7, 11) is 0. The van der Waals surface area contributed by atoms with Crippen molar-refractivity contribution in [3.05, 3.63) is 15.4 Å². The number of anilines is 1. The van der Waals surface area contributed by atoms with Crippen LogP contribution in [0.3, 0.4) is 0 Å². The van der Waals surface area contributed by atoms with Gasteiger partial charge in [-0.05, 0) is 22.0 Å². The lowest BCUT2D eigenvalue weighted by molar-refractivity contribution is 0.0984. The summed E-state index contributed by atoms with van der Waals surface area (Å²) in [5, 5.41) is 4.19. The highest BCUT2D eigenvalue weighted by Gasteiger charge is 2.18. The van der Waals surface area contributed by atoms with Gasteiger partial charge in [0.1, 0.15) is 5.00 Å². The van der Waals surface area contributed by atoms with E-state index in [9.17, 15) is 4.79 Å². The summed E-state index contributed by atoms with van der Waals surface area (Å²) >= 11 is 4.92. The fourth-order valence-electron chi connectivity index (χ4n) is 1.12. The second kappa shape index (κ2) is 2.60. The number of hydrogen-bond acceptors (Lipinski definition) is 3. The quantitative estimate of drug-likeness (QED) is 0.744. The van der Waals surface area contributed by atoms with Crippen molar-refractivity contribution in [3.8, 4) is 0 Å². The molecule has 1 aromatic rings. The van der Waals surface area contributed by atoms with Crippen molar-refractivity contribution in [3.63, 3.8) is 0 Å². The van der Waals surface area contributed by atoms with Crippen LogP contribution in [0.15, 0.2) is 9.85 Å². The third-order valence-electron chi connectivity index (χ3n) is 1.64. The predicted molar refractivity (Wildman–Crippen MR) is 49.5 cm³/mol. The highest BCUT2D eigenvalue weighted by atomic mass is 79.9. The first-order valence-corrected chi connectivity index (χ1v) is 4.95. The van der Waals surface area contributed by atoms with Gasteiger partial charge in [0, 0.05) is 13.0 Å². The Morgan fingerprint density at radius 3 is 3.18 bits per heavy atom. The summed E-state index contributed by atoms with van der Waals surface area (Å²) in [6.07, 6.45) is 0.621. The first kappa shape index (κ1) is 7.31. The molecule has 0 spiro atoms. The summed E-state index contributed by atoms with van der Waals surface area (Å²) in [6.45, 7) is 0.777. The van der Waals surface area contributed by atoms with Gasteiger partial charge >= 0.3 is 0 Å². The number of thiophene rings is 1. The number of carbonyl (C=O) groups is 1. The number of carbonyl (C=O) groups excluding carboxylic acids is 1. The number of rotatable bonds is 0. The number of halogens is 1. The van der Waals surface area contributed by atoms with Gasteiger partial charge in [-0.3, -0.25) is 4.79 Å². The molecule has 0 amide bonds. The van der Waals surface area contributed by atoms with Crippen molar-refractivity contribution in [1.82, 2.24) is 0 Å². The van der Waals surface area contributed by atoms with Gasteiger partial charge in [0.25, 0.3) is 0 Å². The molecule has 58 valence electrons. The van der Waals surface area contributed by atoms with E-state index in [1.165, 1.54) is 0 Å². The van der Waals surface area contributed by atoms with Crippen LogP contribution in [0.5, 0.6) is 0 Å². The van der Waals surface area contributed by atoms with Crippen LogP contribution >= 0.6 is 27.3 Å². The van der Waals surface area contributed by atoms with E-state index in [0.717, 1.165) is 20.9 Å². The molecule has 0 aliphatic carbocycles. The lowest BCUT2D eigenvalue weighted by atomic mass is 10.1. The van der Waals surface area contributed by atoms with Gasteiger partial charge in [-0.2, -0.15) is 0 Å². The normalized spacial score (nSPS) is 15.9. The maximum Gasteiger partial charge on any atom is 0.167 e. The van der Waals surface area contributed by atoms with Crippen LogP contribution in [-0.2, 0) is 0 Å². The van der Waals surface area contributed by atoms with Crippen molar-refractivity contribution in [2.24, 2.45) is 0 Å². The lowest BCUT2D eigenvalue weighted by Crippen LogP contribution is -2.15. The Balaban J connectivity index is 2.52. The molecule has 2 rings (SSSR count). The minimum absolute atomic E-state index is 0.251. The van der Waals surface area contributed by atoms with Crippen LogP contribution in [0, 0.1) is 0 Å². The van der Waals surface area contributed by atoms with E-state index in [2.05, 4.69) is 21.2 Å². The number of nitrogens with one attached hydrogen (secondary N) is 1. The smallest absolute Gasteiger partial charge is 0.167 e. The van der Waals surface area contributed by atoms with E-state index in [4.69, 9.17) is 0 Å². The SMILES string of the molecule is O=C1CCNc2sc(Br)cc21. The van der Waals surface area contributed by atoms with Crippen molar-refractivity contribution in [2.45, 2.75) is 6.42 Å². The Hall–Kier alpha value is -0.350. The van der Waals surface area contributed by atoms with Crippen molar-refractivity contribution < 1.29 is 4.79 Å². The van der Waals surface area contributed by atoms with Gasteiger partial charge in [0.2, 0.25) is 0 Å². The molecule has 0 radical (unpaired) electrons. The molecule has 0 fully saturated rings. The van der Waals surface area contributed by atoms with Crippen LogP contribution in [0.2, 0.25) is 0 Å². The molecule has 0 saturated heterocycles. The number of hydrogen-bond donors (Lipinski definition) is 1. The molecule has 0 bridgehead atoms. The molecular formula is C7H6BrNOS. The zero-order valence-corrected chi connectivity index (χ0v) is 8.09. The van der Waals surface area contributed by atoms with Gasteiger partial charge < -0.3 is 5.32 Å². The van der Waals surface area contributed by atoms with Crippen LogP contribution in [0.25, 0.3) is 0 Å². The molecule has 0 unspecified atom stereocenters. The predicted octanol–water partition coefficient (Wildman–Crippen LogP) is 2.51. The molecule has 1 N–H and O–H groups in total. The third-order valence-corrected chi connectivity index (χ3v) is 3.24. The van der Waals surface area contributed by atoms with Crippen LogP contribution in [0.1, 0.15) is 16.8 Å². The van der Waals surface area contributed by atoms with E-state index in [1.54, 1.807) is 11.3 Å². The molecule has 0 aromatic carbocycles. The summed E-state index contributed by atoms with van der Waals surface area (Å²) < 4.78 is 1.02. The molecular weight excluding hydrogens is 226 g/mol. The summed E-state index contributed by atoms with van der Waals surface area (Å²) in [6, 6.07) is 1.88. The average molecular weight is 232 g/mol. The van der Waals surface area contributed by atoms with Crippen LogP contribution in [-0.4, -0.2) is 12.3 Å². The van der Waals surface area contributed by atoms with Gasteiger partial charge in [-0.1, -0.05) is 0 Å². The first-order chi connectivity index (χ1) is 5.27. The second-order valence-corrected chi connectivity index (χ2v) is 4.82. The zero-order valence-electron chi connectivity index (χ0n) is 5.69. The number of Topliss-reactive ketones (excluding diaryl/α,β-unsaturated/α-hetero) is 1. The molecule has 2 nitrogen and oxygen atoms in total. The van der Waals surface area contributed by atoms with Crippen molar-refractivity contribution in [1.29, 1.82) is 0 Å². The monoisotopic (exact) mass is 231 g/mol. The van der Waals surface area contributed by atoms with E-state index >= 15 is 0 Å². The van der Waals surface area contributed by atoms with E-state index in [-0.39, 0.29) is 5.78 Å². The molecule has 2 heterocycles. The lowest BCUT2D eigenvalue weighted by Gasteiger charge is -2.10. The standard InChI is InChI=1S/C7H6BrNOS/c8-6-3-4-5(10)1-2-9-7(4)11-6/h3,9H,1-2H2. The van der Waals surface area contributed by atoms with Crippen LogP contribution in [0.4, 0.5) is 5.00 Å². The zero-order chi connectivity index (χ0) is 7.84. The van der Waals surface area contributed by atoms with Crippen molar-refractivity contribution in [2.75, 3.05) is 11.9 Å². The average Bonchev–Trinajstić information content (AvgIpc) is 2.31. The maximum atomic E-state index is 11.2. The van der Waals surface area contributed by atoms with E-state index in [1.807, 2.05) is 6.07 Å². The number of fused-ring (bicyclic) bond motifs is 1. The van der Waals surface area contributed by atoms with Crippen LogP contribution < -0.4 is 5.32 Å². The van der Waals surface area contributed by atoms with E-state index in [0.29, 0.717) is 6.42 Å². The summed E-state index contributed by atoms with van der Waals surface area (Å²) in [5.74, 6) is 0.251. The Labute approximate surface area is 76.7 Å². The summed E-state index contributed by atoms with van der Waals surface area (Å²) in [5.41, 5.74) is 0.841. The molecule has 0 saturated carbocycles. The molecule has 0 atom stereocenters. The topological polar surface area (TPSA) is 29.1 Å². The van der Waals surface area contributed by atoms with Gasteiger partial charge in [-0.25, -0.2) is 0 Å². The fourth-order valence-corrected chi connectivity index (χ4v) is 2.67. The highest BCUT2D eigenvalue weighted by molar-refractivity contribution is 9.11. The fraction of sp³-hybridized carbons (Fsp3) is 0.286. The first-order valence-electron chi connectivity index (χ1n) is 3.34. The summed E-state index contributed by atoms with van der Waals surface area (Å²) in [4.78, 5) is 11.2. The molecule has 1 aliphatic rings. The van der Waals surface area contributed by atoms with Gasteiger partial charge in [0.15, 0.2) is 5.78 Å². The van der Waals surface area contributed by atoms with Crippen molar-refractivity contribution >= 4 is 38.1 Å². The van der Waals surface area contributed by atoms with Gasteiger partial charge in [0.05, 0.1) is 9.35 Å². The Morgan fingerprint density at radius 1 is 1.64 bits per heavy atom. The minimum atomic E-state index is 0.251. The van der Waals surface area contributed by atoms with E-state index < -0.39 is 0 Å². The molecule has 1 aliphatic heterocycles. The van der Waals surface area contributed by atoms with Gasteiger partial charge in [-0.15, -0.1) is 11.3 Å². The Bertz CT molecular complexity index is 307. The Morgan fingerprint density at radius 2 is 2.45 bits per heavy atom. The third kappa shape index (κ3) is 1.20. The molecule has 11 heavy (non-hydrogen) atoms. The second-order valence-electron chi connectivity index (χ2n) is 2.39. The molecule has 4 heteroatoms. The largest absolute Gasteiger partial charge is 0.376 e. The minimum Gasteiger partial charge on any atom is -0.376 e. The number of ketones is 1. The highest BCUT2D eigenvalue weighted by Crippen LogP contribution is 2.34. The molecule has 1 aromatic heterocycles. The Kier molecular flexibility index (Phi) is 1.73. The maximum absolute atomic E-state index is 11.2.